The van der Waals surface area contributed by atoms with Gasteiger partial charge in [0.05, 0.1) is 13.2 Å². The van der Waals surface area contributed by atoms with Crippen molar-refractivity contribution < 1.29 is 54.7 Å². The van der Waals surface area contributed by atoms with E-state index in [4.69, 9.17) is 18.9 Å². The van der Waals surface area contributed by atoms with Gasteiger partial charge in [0.15, 0.2) is 12.6 Å². The molecule has 24 heavy (non-hydrogen) atoms. The fourth-order valence-electron chi connectivity index (χ4n) is 2.72. The van der Waals surface area contributed by atoms with Crippen molar-refractivity contribution in [2.75, 3.05) is 20.3 Å². The minimum absolute atomic E-state index is 0.0979. The van der Waals surface area contributed by atoms with Crippen LogP contribution >= 0.6 is 0 Å². The van der Waals surface area contributed by atoms with Crippen LogP contribution in [0.15, 0.2) is 0 Å². The number of ether oxygens (including phenoxy) is 4. The zero-order valence-corrected chi connectivity index (χ0v) is 13.0. The van der Waals surface area contributed by atoms with Gasteiger partial charge in [-0.15, -0.1) is 0 Å². The van der Waals surface area contributed by atoms with Crippen molar-refractivity contribution in [1.82, 2.24) is 0 Å². The summed E-state index contributed by atoms with van der Waals surface area (Å²) < 4.78 is 20.5. The highest BCUT2D eigenvalue weighted by atomic mass is 16.7. The van der Waals surface area contributed by atoms with Gasteiger partial charge < -0.3 is 54.7 Å². The highest BCUT2D eigenvalue weighted by Gasteiger charge is 2.50. The monoisotopic (exact) mass is 356 g/mol. The lowest BCUT2D eigenvalue weighted by molar-refractivity contribution is -0.355. The highest BCUT2D eigenvalue weighted by Crippen LogP contribution is 2.28. The molecule has 0 aliphatic carbocycles. The number of hydrogen-bond donors (Lipinski definition) is 7. The number of methoxy groups -OCH3 is 1. The SMILES string of the molecule is COC[C@H]1O[C@H](O[C@H]2[C@H](O)[C@@H](O)C(O)O[C@@H]2CO)[C@H](O)[C@@H](O)[C@@H]1O. The van der Waals surface area contributed by atoms with E-state index in [1.807, 2.05) is 0 Å². The van der Waals surface area contributed by atoms with Gasteiger partial charge in [0.1, 0.15) is 48.8 Å². The summed E-state index contributed by atoms with van der Waals surface area (Å²) in [6, 6.07) is 0. The first-order chi connectivity index (χ1) is 11.3. The maximum Gasteiger partial charge on any atom is 0.187 e. The molecule has 0 saturated carbocycles. The molecule has 0 amide bonds. The van der Waals surface area contributed by atoms with Gasteiger partial charge >= 0.3 is 0 Å². The van der Waals surface area contributed by atoms with E-state index in [0.29, 0.717) is 0 Å². The summed E-state index contributed by atoms with van der Waals surface area (Å²) in [7, 11) is 1.35. The Balaban J connectivity index is 2.11. The van der Waals surface area contributed by atoms with Crippen LogP contribution in [0.5, 0.6) is 0 Å². The van der Waals surface area contributed by atoms with Crippen LogP contribution in [0.4, 0.5) is 0 Å². The number of aliphatic hydroxyl groups is 7. The Morgan fingerprint density at radius 1 is 0.792 bits per heavy atom. The molecule has 2 aliphatic heterocycles. The van der Waals surface area contributed by atoms with Gasteiger partial charge in [0.2, 0.25) is 0 Å². The van der Waals surface area contributed by atoms with Gasteiger partial charge in [-0.05, 0) is 0 Å². The lowest BCUT2D eigenvalue weighted by Gasteiger charge is -2.45. The first kappa shape index (κ1) is 19.9. The molecule has 0 bridgehead atoms. The molecule has 2 saturated heterocycles. The molecule has 2 aliphatic rings. The second-order valence-electron chi connectivity index (χ2n) is 5.80. The van der Waals surface area contributed by atoms with E-state index >= 15 is 0 Å². The van der Waals surface area contributed by atoms with Crippen molar-refractivity contribution >= 4 is 0 Å². The topological polar surface area (TPSA) is 179 Å². The molecule has 2 heterocycles. The summed E-state index contributed by atoms with van der Waals surface area (Å²) in [5, 5.41) is 68.1. The molecule has 0 aromatic heterocycles. The average Bonchev–Trinajstić information content (AvgIpc) is 2.57. The maximum atomic E-state index is 10.0. The third-order valence-corrected chi connectivity index (χ3v) is 4.13. The van der Waals surface area contributed by atoms with Crippen molar-refractivity contribution in [2.24, 2.45) is 0 Å². The summed E-state index contributed by atoms with van der Waals surface area (Å²) >= 11 is 0. The smallest absolute Gasteiger partial charge is 0.187 e. The Bertz CT molecular complexity index is 394. The van der Waals surface area contributed by atoms with E-state index < -0.39 is 68.0 Å². The molecule has 0 aromatic carbocycles. The molecule has 0 aromatic rings. The fourth-order valence-corrected chi connectivity index (χ4v) is 2.72. The largest absolute Gasteiger partial charge is 0.394 e. The number of aliphatic hydroxyl groups excluding tert-OH is 7. The summed E-state index contributed by atoms with van der Waals surface area (Å²) in [6.45, 7) is -0.750. The Hall–Kier alpha value is -0.440. The van der Waals surface area contributed by atoms with E-state index in [1.165, 1.54) is 7.11 Å². The molecule has 0 spiro atoms. The van der Waals surface area contributed by atoms with Gasteiger partial charge in [-0.25, -0.2) is 0 Å². The summed E-state index contributed by atoms with van der Waals surface area (Å²) in [6.07, 6.45) is -14.8. The van der Waals surface area contributed by atoms with Gasteiger partial charge in [-0.3, -0.25) is 0 Å². The van der Waals surface area contributed by atoms with E-state index in [0.717, 1.165) is 0 Å². The predicted molar refractivity (Wildman–Crippen MR) is 73.4 cm³/mol. The molecule has 11 heteroatoms. The van der Waals surface area contributed by atoms with Crippen LogP contribution < -0.4 is 0 Å². The van der Waals surface area contributed by atoms with Crippen molar-refractivity contribution in [2.45, 2.75) is 61.4 Å². The van der Waals surface area contributed by atoms with Crippen LogP contribution in [0, 0.1) is 0 Å². The first-order valence-electron chi connectivity index (χ1n) is 7.46. The zero-order chi connectivity index (χ0) is 18.0. The minimum Gasteiger partial charge on any atom is -0.394 e. The van der Waals surface area contributed by atoms with E-state index in [9.17, 15) is 35.7 Å². The van der Waals surface area contributed by atoms with Crippen molar-refractivity contribution in [3.63, 3.8) is 0 Å². The maximum absolute atomic E-state index is 10.0. The molecule has 2 rings (SSSR count). The predicted octanol–water partition coefficient (Wildman–Crippen LogP) is -4.74. The molecule has 10 atom stereocenters. The highest BCUT2D eigenvalue weighted by molar-refractivity contribution is 4.93. The van der Waals surface area contributed by atoms with Gasteiger partial charge in [0, 0.05) is 7.11 Å². The molecular weight excluding hydrogens is 332 g/mol. The quantitative estimate of drug-likeness (QED) is 0.251. The third kappa shape index (κ3) is 3.86. The summed E-state index contributed by atoms with van der Waals surface area (Å²) in [4.78, 5) is 0. The zero-order valence-electron chi connectivity index (χ0n) is 13.0. The minimum atomic E-state index is -1.72. The van der Waals surface area contributed by atoms with Crippen LogP contribution in [0.25, 0.3) is 0 Å². The van der Waals surface area contributed by atoms with Gasteiger partial charge in [-0.2, -0.15) is 0 Å². The van der Waals surface area contributed by atoms with Crippen LogP contribution in [0.1, 0.15) is 0 Å². The number of rotatable bonds is 5. The Morgan fingerprint density at radius 2 is 1.46 bits per heavy atom. The third-order valence-electron chi connectivity index (χ3n) is 4.13. The molecule has 1 unspecified atom stereocenters. The fraction of sp³-hybridized carbons (Fsp3) is 1.00. The second-order valence-corrected chi connectivity index (χ2v) is 5.80. The average molecular weight is 356 g/mol. The molecule has 0 radical (unpaired) electrons. The van der Waals surface area contributed by atoms with E-state index in [1.54, 1.807) is 0 Å². The van der Waals surface area contributed by atoms with Crippen LogP contribution in [-0.2, 0) is 18.9 Å². The van der Waals surface area contributed by atoms with Crippen molar-refractivity contribution in [3.8, 4) is 0 Å². The van der Waals surface area contributed by atoms with Crippen LogP contribution in [0.2, 0.25) is 0 Å². The lowest BCUT2D eigenvalue weighted by atomic mass is 9.97. The number of hydrogen-bond acceptors (Lipinski definition) is 11. The van der Waals surface area contributed by atoms with E-state index in [2.05, 4.69) is 0 Å². The normalized spacial score (nSPS) is 50.0. The Labute approximate surface area is 137 Å². The Kier molecular flexibility index (Phi) is 6.87. The summed E-state index contributed by atoms with van der Waals surface area (Å²) in [5.74, 6) is 0. The van der Waals surface area contributed by atoms with Crippen molar-refractivity contribution in [3.05, 3.63) is 0 Å². The first-order valence-corrected chi connectivity index (χ1v) is 7.46. The Morgan fingerprint density at radius 3 is 2.04 bits per heavy atom. The van der Waals surface area contributed by atoms with E-state index in [-0.39, 0.29) is 6.61 Å². The molecule has 11 nitrogen and oxygen atoms in total. The summed E-state index contributed by atoms with van der Waals surface area (Å²) in [5.41, 5.74) is 0. The standard InChI is InChI=1S/C13H24O11/c1-21-3-5-6(15)7(16)10(19)13(23-5)24-11-4(2-14)22-12(20)9(18)8(11)17/h4-20H,2-3H2,1H3/t4-,5-,6-,7+,8-,9-,10-,11-,12?,13-/m1/s1. The van der Waals surface area contributed by atoms with Crippen LogP contribution in [-0.4, -0.2) is 117 Å². The van der Waals surface area contributed by atoms with Gasteiger partial charge in [0.25, 0.3) is 0 Å². The molecule has 7 N–H and O–H groups in total. The molecular formula is C13H24O11. The van der Waals surface area contributed by atoms with Crippen molar-refractivity contribution in [1.29, 1.82) is 0 Å². The van der Waals surface area contributed by atoms with Gasteiger partial charge in [-0.1, -0.05) is 0 Å². The van der Waals surface area contributed by atoms with Crippen LogP contribution in [0.3, 0.4) is 0 Å². The molecule has 142 valence electrons. The molecule has 2 fully saturated rings. The lowest BCUT2D eigenvalue weighted by Crippen LogP contribution is -2.64. The second kappa shape index (κ2) is 8.29.